The maximum atomic E-state index is 13.2. The van der Waals surface area contributed by atoms with Crippen LogP contribution in [0.15, 0.2) is 18.2 Å². The summed E-state index contributed by atoms with van der Waals surface area (Å²) in [4.78, 5) is 0. The van der Waals surface area contributed by atoms with Crippen LogP contribution in [0.2, 0.25) is 0 Å². The number of rotatable bonds is 8. The van der Waals surface area contributed by atoms with Gasteiger partial charge in [-0.2, -0.15) is 5.26 Å². The zero-order valence-corrected chi connectivity index (χ0v) is 13.1. The van der Waals surface area contributed by atoms with Gasteiger partial charge in [0.15, 0.2) is 0 Å². The van der Waals surface area contributed by atoms with Crippen molar-refractivity contribution in [2.24, 2.45) is 0 Å². The average molecular weight is 313 g/mol. The second-order valence-electron chi connectivity index (χ2n) is 4.74. The Kier molecular flexibility index (Phi) is 6.75. The number of halogens is 1. The zero-order valence-electron chi connectivity index (χ0n) is 12.3. The Bertz CT molecular complexity index is 611. The van der Waals surface area contributed by atoms with Crippen LogP contribution in [0.3, 0.4) is 0 Å². The molecule has 1 aromatic carbocycles. The van der Waals surface area contributed by atoms with Gasteiger partial charge in [0.2, 0.25) is 10.0 Å². The highest BCUT2D eigenvalue weighted by atomic mass is 32.2. The molecule has 0 aliphatic rings. The first kappa shape index (κ1) is 17.6. The summed E-state index contributed by atoms with van der Waals surface area (Å²) in [6.07, 6.45) is 1.86. The van der Waals surface area contributed by atoms with E-state index in [1.807, 2.05) is 6.07 Å². The van der Waals surface area contributed by atoms with Gasteiger partial charge >= 0.3 is 0 Å². The van der Waals surface area contributed by atoms with E-state index in [0.717, 1.165) is 0 Å². The predicted molar refractivity (Wildman–Crippen MR) is 79.5 cm³/mol. The molecule has 0 saturated heterocycles. The number of sulfonamides is 1. The minimum Gasteiger partial charge on any atom is -0.313 e. The molecule has 5 nitrogen and oxygen atoms in total. The standard InChI is InChI=1S/C14H20FN3O2S/c1-3-18(21(2,19)20)6-4-5-17-11-13-7-12(10-16)8-14(15)9-13/h7-9,17H,3-6,11H2,1-2H3. The lowest BCUT2D eigenvalue weighted by Gasteiger charge is -2.17. The van der Waals surface area contributed by atoms with Gasteiger partial charge in [-0.3, -0.25) is 0 Å². The molecule has 0 fully saturated rings. The van der Waals surface area contributed by atoms with Gasteiger partial charge in [-0.05, 0) is 36.7 Å². The topological polar surface area (TPSA) is 73.2 Å². The highest BCUT2D eigenvalue weighted by molar-refractivity contribution is 7.88. The van der Waals surface area contributed by atoms with Crippen LogP contribution in [-0.2, 0) is 16.6 Å². The minimum atomic E-state index is -3.15. The van der Waals surface area contributed by atoms with Crippen molar-refractivity contribution in [1.82, 2.24) is 9.62 Å². The van der Waals surface area contributed by atoms with Crippen LogP contribution >= 0.6 is 0 Å². The molecule has 0 unspecified atom stereocenters. The van der Waals surface area contributed by atoms with Crippen molar-refractivity contribution in [1.29, 1.82) is 5.26 Å². The zero-order chi connectivity index (χ0) is 15.9. The summed E-state index contributed by atoms with van der Waals surface area (Å²) < 4.78 is 37.4. The molecule has 1 N–H and O–H groups in total. The monoisotopic (exact) mass is 313 g/mol. The number of benzene rings is 1. The van der Waals surface area contributed by atoms with E-state index in [-0.39, 0.29) is 0 Å². The Morgan fingerprint density at radius 2 is 2.10 bits per heavy atom. The van der Waals surface area contributed by atoms with Crippen LogP contribution in [0.4, 0.5) is 4.39 Å². The Morgan fingerprint density at radius 1 is 1.38 bits per heavy atom. The summed E-state index contributed by atoms with van der Waals surface area (Å²) >= 11 is 0. The van der Waals surface area contributed by atoms with Gasteiger partial charge in [0.25, 0.3) is 0 Å². The minimum absolute atomic E-state index is 0.293. The molecule has 0 amide bonds. The normalized spacial score (nSPS) is 11.6. The van der Waals surface area contributed by atoms with E-state index in [2.05, 4.69) is 5.32 Å². The predicted octanol–water partition coefficient (Wildman–Crippen LogP) is 1.46. The van der Waals surface area contributed by atoms with Crippen LogP contribution in [-0.4, -0.2) is 38.6 Å². The van der Waals surface area contributed by atoms with Crippen LogP contribution in [0.25, 0.3) is 0 Å². The SMILES string of the molecule is CCN(CCCNCc1cc(F)cc(C#N)c1)S(C)(=O)=O. The first-order valence-electron chi connectivity index (χ1n) is 6.72. The lowest BCUT2D eigenvalue weighted by molar-refractivity contribution is 0.419. The van der Waals surface area contributed by atoms with Crippen LogP contribution in [0.1, 0.15) is 24.5 Å². The van der Waals surface area contributed by atoms with Crippen molar-refractivity contribution >= 4 is 10.0 Å². The van der Waals surface area contributed by atoms with Crippen molar-refractivity contribution in [2.75, 3.05) is 25.9 Å². The number of hydrogen-bond acceptors (Lipinski definition) is 4. The third kappa shape index (κ3) is 6.21. The molecule has 0 spiro atoms. The van der Waals surface area contributed by atoms with Gasteiger partial charge in [-0.25, -0.2) is 17.1 Å². The number of nitrogens with zero attached hydrogens (tertiary/aromatic N) is 2. The smallest absolute Gasteiger partial charge is 0.211 e. The fourth-order valence-corrected chi connectivity index (χ4v) is 2.92. The average Bonchev–Trinajstić information content (AvgIpc) is 2.40. The lowest BCUT2D eigenvalue weighted by atomic mass is 10.1. The molecular weight excluding hydrogens is 293 g/mol. The Balaban J connectivity index is 2.38. The molecule has 0 radical (unpaired) electrons. The highest BCUT2D eigenvalue weighted by Gasteiger charge is 2.12. The summed E-state index contributed by atoms with van der Waals surface area (Å²) in [5.74, 6) is -0.430. The molecule has 1 rings (SSSR count). The van der Waals surface area contributed by atoms with Gasteiger partial charge in [-0.15, -0.1) is 0 Å². The molecular formula is C14H20FN3O2S. The molecule has 0 atom stereocenters. The number of nitriles is 1. The maximum absolute atomic E-state index is 13.2. The number of hydrogen-bond donors (Lipinski definition) is 1. The van der Waals surface area contributed by atoms with Crippen LogP contribution in [0, 0.1) is 17.1 Å². The van der Waals surface area contributed by atoms with Crippen molar-refractivity contribution in [2.45, 2.75) is 19.9 Å². The fourth-order valence-electron chi connectivity index (χ4n) is 1.99. The molecule has 0 bridgehead atoms. The van der Waals surface area contributed by atoms with Crippen molar-refractivity contribution in [3.05, 3.63) is 35.1 Å². The molecule has 0 aliphatic heterocycles. The molecule has 0 saturated carbocycles. The molecule has 21 heavy (non-hydrogen) atoms. The Labute approximate surface area is 125 Å². The summed E-state index contributed by atoms with van der Waals surface area (Å²) in [5, 5.41) is 11.9. The van der Waals surface area contributed by atoms with Crippen molar-refractivity contribution in [3.63, 3.8) is 0 Å². The van der Waals surface area contributed by atoms with Gasteiger partial charge in [0.1, 0.15) is 5.82 Å². The van der Waals surface area contributed by atoms with Crippen LogP contribution in [0.5, 0.6) is 0 Å². The van der Waals surface area contributed by atoms with Gasteiger partial charge < -0.3 is 5.32 Å². The molecule has 0 aliphatic carbocycles. The molecule has 0 heterocycles. The van der Waals surface area contributed by atoms with Gasteiger partial charge in [0.05, 0.1) is 17.9 Å². The van der Waals surface area contributed by atoms with E-state index in [9.17, 15) is 12.8 Å². The quantitative estimate of drug-likeness (QED) is 0.737. The molecule has 0 aromatic heterocycles. The molecule has 116 valence electrons. The van der Waals surface area contributed by atoms with E-state index in [0.29, 0.717) is 43.7 Å². The summed E-state index contributed by atoms with van der Waals surface area (Å²) in [6, 6.07) is 6.10. The van der Waals surface area contributed by atoms with E-state index in [4.69, 9.17) is 5.26 Å². The maximum Gasteiger partial charge on any atom is 0.211 e. The van der Waals surface area contributed by atoms with E-state index >= 15 is 0 Å². The summed E-state index contributed by atoms with van der Waals surface area (Å²) in [5.41, 5.74) is 0.989. The van der Waals surface area contributed by atoms with Crippen molar-refractivity contribution < 1.29 is 12.8 Å². The third-order valence-electron chi connectivity index (χ3n) is 3.00. The second-order valence-corrected chi connectivity index (χ2v) is 6.73. The summed E-state index contributed by atoms with van der Waals surface area (Å²) in [7, 11) is -3.15. The van der Waals surface area contributed by atoms with E-state index in [1.165, 1.54) is 22.7 Å². The summed E-state index contributed by atoms with van der Waals surface area (Å²) in [6.45, 7) is 3.76. The number of nitrogens with one attached hydrogen (secondary N) is 1. The largest absolute Gasteiger partial charge is 0.313 e. The highest BCUT2D eigenvalue weighted by Crippen LogP contribution is 2.08. The van der Waals surface area contributed by atoms with Gasteiger partial charge in [0, 0.05) is 19.6 Å². The van der Waals surface area contributed by atoms with E-state index in [1.54, 1.807) is 13.0 Å². The molecule has 7 heteroatoms. The first-order chi connectivity index (χ1) is 9.86. The fraction of sp³-hybridized carbons (Fsp3) is 0.500. The van der Waals surface area contributed by atoms with Gasteiger partial charge in [-0.1, -0.05) is 6.92 Å². The Morgan fingerprint density at radius 3 is 2.67 bits per heavy atom. The lowest BCUT2D eigenvalue weighted by Crippen LogP contribution is -2.32. The van der Waals surface area contributed by atoms with E-state index < -0.39 is 15.8 Å². The molecule has 1 aromatic rings. The van der Waals surface area contributed by atoms with Crippen LogP contribution < -0.4 is 5.32 Å². The first-order valence-corrected chi connectivity index (χ1v) is 8.57. The van der Waals surface area contributed by atoms with Crippen molar-refractivity contribution in [3.8, 4) is 6.07 Å². The second kappa shape index (κ2) is 8.08. The third-order valence-corrected chi connectivity index (χ3v) is 4.38. The Hall–Kier alpha value is -1.49.